The molecule has 0 fully saturated rings. The second-order valence-corrected chi connectivity index (χ2v) is 9.51. The normalized spacial score (nSPS) is 11.4. The maximum absolute atomic E-state index is 13.3. The number of allylic oxidation sites excluding steroid dienone is 2. The number of nitrogens with zero attached hydrogens (tertiary/aromatic N) is 2. The maximum atomic E-state index is 13.3. The molecule has 0 saturated heterocycles. The predicted octanol–water partition coefficient (Wildman–Crippen LogP) is 4.36. The van der Waals surface area contributed by atoms with Gasteiger partial charge in [-0.2, -0.15) is 5.10 Å². The van der Waals surface area contributed by atoms with Crippen molar-refractivity contribution >= 4 is 21.2 Å². The molecule has 6 nitrogen and oxygen atoms in total. The molecule has 0 spiro atoms. The summed E-state index contributed by atoms with van der Waals surface area (Å²) in [5.74, 6) is 0.195. The highest BCUT2D eigenvalue weighted by Crippen LogP contribution is 2.33. The lowest BCUT2D eigenvalue weighted by Gasteiger charge is -2.17. The SMILES string of the molecule is CCCCOc1c(C(=O)c2ccc(S(C)(=O)=O)c(C(C)=C(C)C)c2C)cnn1C. The first-order valence-electron chi connectivity index (χ1n) is 9.68. The molecular formula is C22H30N2O4S. The van der Waals surface area contributed by atoms with Crippen LogP contribution in [0, 0.1) is 6.92 Å². The van der Waals surface area contributed by atoms with Gasteiger partial charge in [-0.25, -0.2) is 13.1 Å². The summed E-state index contributed by atoms with van der Waals surface area (Å²) in [6.07, 6.45) is 4.55. The molecule has 2 aromatic rings. The summed E-state index contributed by atoms with van der Waals surface area (Å²) in [4.78, 5) is 13.6. The van der Waals surface area contributed by atoms with Crippen LogP contribution in [-0.4, -0.2) is 36.8 Å². The van der Waals surface area contributed by atoms with Crippen molar-refractivity contribution in [2.24, 2.45) is 7.05 Å². The number of carbonyl (C=O) groups is 1. The van der Waals surface area contributed by atoms with Crippen molar-refractivity contribution in [2.45, 2.75) is 52.4 Å². The van der Waals surface area contributed by atoms with Gasteiger partial charge in [-0.15, -0.1) is 0 Å². The van der Waals surface area contributed by atoms with Crippen LogP contribution in [0.2, 0.25) is 0 Å². The zero-order chi connectivity index (χ0) is 21.9. The molecule has 0 N–H and O–H groups in total. The Morgan fingerprint density at radius 2 is 1.83 bits per heavy atom. The number of aromatic nitrogens is 2. The Morgan fingerprint density at radius 1 is 1.17 bits per heavy atom. The summed E-state index contributed by atoms with van der Waals surface area (Å²) in [7, 11) is -1.71. The van der Waals surface area contributed by atoms with Gasteiger partial charge in [0.25, 0.3) is 0 Å². The fourth-order valence-corrected chi connectivity index (χ4v) is 4.16. The molecule has 0 bridgehead atoms. The average Bonchev–Trinajstić information content (AvgIpc) is 3.00. The first-order valence-corrected chi connectivity index (χ1v) is 11.6. The Labute approximate surface area is 173 Å². The predicted molar refractivity (Wildman–Crippen MR) is 115 cm³/mol. The summed E-state index contributed by atoms with van der Waals surface area (Å²) in [6, 6.07) is 3.10. The van der Waals surface area contributed by atoms with E-state index >= 15 is 0 Å². The Hall–Kier alpha value is -2.41. The molecule has 0 atom stereocenters. The molecule has 29 heavy (non-hydrogen) atoms. The van der Waals surface area contributed by atoms with Crippen LogP contribution in [0.3, 0.4) is 0 Å². The van der Waals surface area contributed by atoms with Crippen molar-refractivity contribution in [2.75, 3.05) is 12.9 Å². The molecule has 1 aromatic carbocycles. The van der Waals surface area contributed by atoms with Crippen molar-refractivity contribution in [3.63, 3.8) is 0 Å². The van der Waals surface area contributed by atoms with E-state index in [9.17, 15) is 13.2 Å². The zero-order valence-corrected chi connectivity index (χ0v) is 19.1. The zero-order valence-electron chi connectivity index (χ0n) is 18.3. The molecule has 7 heteroatoms. The molecular weight excluding hydrogens is 388 g/mol. The van der Waals surface area contributed by atoms with Gasteiger partial charge < -0.3 is 4.74 Å². The molecule has 1 heterocycles. The number of aryl methyl sites for hydroxylation is 1. The lowest BCUT2D eigenvalue weighted by molar-refractivity contribution is 0.103. The van der Waals surface area contributed by atoms with Crippen LogP contribution in [-0.2, 0) is 16.9 Å². The minimum atomic E-state index is -3.45. The van der Waals surface area contributed by atoms with E-state index in [1.54, 1.807) is 24.7 Å². The van der Waals surface area contributed by atoms with Crippen LogP contribution in [0.4, 0.5) is 0 Å². The topological polar surface area (TPSA) is 78.3 Å². The lowest BCUT2D eigenvalue weighted by Crippen LogP contribution is -2.12. The van der Waals surface area contributed by atoms with E-state index < -0.39 is 9.84 Å². The molecule has 0 radical (unpaired) electrons. The van der Waals surface area contributed by atoms with Crippen molar-refractivity contribution in [3.05, 3.63) is 46.2 Å². The number of hydrogen-bond donors (Lipinski definition) is 0. The first kappa shape index (κ1) is 22.9. The van der Waals surface area contributed by atoms with E-state index in [1.165, 1.54) is 18.5 Å². The minimum absolute atomic E-state index is 0.232. The largest absolute Gasteiger partial charge is 0.477 e. The fourth-order valence-electron chi connectivity index (χ4n) is 3.17. The van der Waals surface area contributed by atoms with Crippen molar-refractivity contribution in [3.8, 4) is 5.88 Å². The van der Waals surface area contributed by atoms with Crippen molar-refractivity contribution < 1.29 is 17.9 Å². The summed E-state index contributed by atoms with van der Waals surface area (Å²) in [6.45, 7) is 10.1. The van der Waals surface area contributed by atoms with Gasteiger partial charge in [0.05, 0.1) is 17.7 Å². The van der Waals surface area contributed by atoms with E-state index in [0.717, 1.165) is 24.0 Å². The Bertz CT molecular complexity index is 1060. The highest BCUT2D eigenvalue weighted by atomic mass is 32.2. The summed E-state index contributed by atoms with van der Waals surface area (Å²) in [5.41, 5.74) is 3.90. The lowest BCUT2D eigenvalue weighted by atomic mass is 9.91. The molecule has 1 aromatic heterocycles. The third kappa shape index (κ3) is 4.78. The average molecular weight is 419 g/mol. The first-order chi connectivity index (χ1) is 13.5. The molecule has 2 rings (SSSR count). The highest BCUT2D eigenvalue weighted by Gasteiger charge is 2.25. The Kier molecular flexibility index (Phi) is 7.06. The second kappa shape index (κ2) is 8.95. The number of ketones is 1. The highest BCUT2D eigenvalue weighted by molar-refractivity contribution is 7.90. The van der Waals surface area contributed by atoms with Crippen LogP contribution >= 0.6 is 0 Å². The van der Waals surface area contributed by atoms with Gasteiger partial charge in [0.15, 0.2) is 15.6 Å². The molecule has 0 saturated carbocycles. The number of carbonyl (C=O) groups excluding carboxylic acids is 1. The van der Waals surface area contributed by atoms with Crippen LogP contribution < -0.4 is 4.74 Å². The third-order valence-electron chi connectivity index (χ3n) is 5.06. The third-order valence-corrected chi connectivity index (χ3v) is 6.20. The number of hydrogen-bond acceptors (Lipinski definition) is 5. The molecule has 0 amide bonds. The number of rotatable bonds is 8. The summed E-state index contributed by atoms with van der Waals surface area (Å²) >= 11 is 0. The quantitative estimate of drug-likeness (QED) is 0.470. The van der Waals surface area contributed by atoms with Crippen LogP contribution in [0.25, 0.3) is 5.57 Å². The standard InChI is InChI=1S/C22H30N2O4S/c1-8-9-12-28-22-18(13-23-24(22)6)21(25)17-10-11-19(29(7,26)27)20(16(17)5)15(4)14(2)3/h10-11,13H,8-9,12H2,1-7H3. The van der Waals surface area contributed by atoms with Crippen molar-refractivity contribution in [1.29, 1.82) is 0 Å². The fraction of sp³-hybridized carbons (Fsp3) is 0.455. The van der Waals surface area contributed by atoms with Gasteiger partial charge in [0.2, 0.25) is 5.88 Å². The van der Waals surface area contributed by atoms with E-state index in [4.69, 9.17) is 4.74 Å². The smallest absolute Gasteiger partial charge is 0.223 e. The van der Waals surface area contributed by atoms with E-state index in [0.29, 0.717) is 34.7 Å². The van der Waals surface area contributed by atoms with Crippen molar-refractivity contribution in [1.82, 2.24) is 9.78 Å². The van der Waals surface area contributed by atoms with Gasteiger partial charge in [-0.3, -0.25) is 4.79 Å². The van der Waals surface area contributed by atoms with E-state index in [1.807, 2.05) is 20.8 Å². The molecule has 0 unspecified atom stereocenters. The molecule has 158 valence electrons. The number of ether oxygens (including phenoxy) is 1. The van der Waals surface area contributed by atoms with E-state index in [-0.39, 0.29) is 10.7 Å². The molecule has 0 aliphatic heterocycles. The number of sulfone groups is 1. The van der Waals surface area contributed by atoms with Crippen LogP contribution in [0.15, 0.2) is 28.8 Å². The Balaban J connectivity index is 2.64. The van der Waals surface area contributed by atoms with Gasteiger partial charge in [-0.1, -0.05) is 18.9 Å². The number of benzene rings is 1. The molecule has 0 aliphatic carbocycles. The second-order valence-electron chi connectivity index (χ2n) is 7.53. The van der Waals surface area contributed by atoms with Gasteiger partial charge >= 0.3 is 0 Å². The monoisotopic (exact) mass is 418 g/mol. The summed E-state index contributed by atoms with van der Waals surface area (Å²) in [5, 5.41) is 4.18. The summed E-state index contributed by atoms with van der Waals surface area (Å²) < 4.78 is 32.0. The molecule has 0 aliphatic rings. The maximum Gasteiger partial charge on any atom is 0.223 e. The van der Waals surface area contributed by atoms with Gasteiger partial charge in [0.1, 0.15) is 5.56 Å². The number of unbranched alkanes of at least 4 members (excludes halogenated alkanes) is 1. The van der Waals surface area contributed by atoms with Gasteiger partial charge in [-0.05, 0) is 62.9 Å². The Morgan fingerprint density at radius 3 is 2.38 bits per heavy atom. The minimum Gasteiger partial charge on any atom is -0.477 e. The van der Waals surface area contributed by atoms with Crippen LogP contribution in [0.5, 0.6) is 5.88 Å². The van der Waals surface area contributed by atoms with Crippen LogP contribution in [0.1, 0.15) is 67.6 Å². The van der Waals surface area contributed by atoms with Gasteiger partial charge in [0, 0.05) is 18.9 Å². The van der Waals surface area contributed by atoms with E-state index in [2.05, 4.69) is 12.0 Å².